The van der Waals surface area contributed by atoms with Crippen molar-refractivity contribution in [2.24, 2.45) is 0 Å². The van der Waals surface area contributed by atoms with Crippen LogP contribution in [0.15, 0.2) is 118 Å². The van der Waals surface area contributed by atoms with Gasteiger partial charge >= 0.3 is 6.03 Å². The number of benzene rings is 4. The number of hydrogen-bond donors (Lipinski definition) is 2. The van der Waals surface area contributed by atoms with E-state index < -0.39 is 0 Å². The molecule has 3 amide bonds. The van der Waals surface area contributed by atoms with Gasteiger partial charge < -0.3 is 10.6 Å². The zero-order chi connectivity index (χ0) is 24.2. The molecule has 35 heavy (non-hydrogen) atoms. The van der Waals surface area contributed by atoms with E-state index >= 15 is 0 Å². The molecule has 4 aromatic rings. The Labute approximate surface area is 212 Å². The lowest BCUT2D eigenvalue weighted by molar-refractivity contribution is -0.117. The molecule has 0 spiro atoms. The fraction of sp³-hybridized carbons (Fsp3) is 0.0714. The minimum absolute atomic E-state index is 0.0274. The number of urea groups is 1. The van der Waals surface area contributed by atoms with Gasteiger partial charge in [-0.05, 0) is 67.6 Å². The van der Waals surface area contributed by atoms with Crippen molar-refractivity contribution in [1.29, 1.82) is 0 Å². The molecule has 1 aliphatic rings. The van der Waals surface area contributed by atoms with E-state index in [-0.39, 0.29) is 17.2 Å². The summed E-state index contributed by atoms with van der Waals surface area (Å²) in [6.45, 7) is 1.93. The van der Waals surface area contributed by atoms with Gasteiger partial charge in [-0.25, -0.2) is 4.79 Å². The lowest BCUT2D eigenvalue weighted by Gasteiger charge is -2.32. The third kappa shape index (κ3) is 5.21. The molecular weight excluding hydrogens is 474 g/mol. The highest BCUT2D eigenvalue weighted by Gasteiger charge is 2.31. The topological polar surface area (TPSA) is 61.4 Å². The van der Waals surface area contributed by atoms with E-state index in [4.69, 9.17) is 0 Å². The van der Waals surface area contributed by atoms with Crippen LogP contribution < -0.4 is 15.5 Å². The van der Waals surface area contributed by atoms with Crippen LogP contribution in [-0.2, 0) is 4.79 Å². The van der Waals surface area contributed by atoms with Gasteiger partial charge in [-0.3, -0.25) is 9.69 Å². The average molecular weight is 498 g/mol. The normalized spacial score (nSPS) is 12.8. The van der Waals surface area contributed by atoms with Gasteiger partial charge in [-0.15, -0.1) is 11.8 Å². The number of amides is 3. The Morgan fingerprint density at radius 3 is 1.83 bits per heavy atom. The van der Waals surface area contributed by atoms with Crippen molar-refractivity contribution in [2.45, 2.75) is 26.9 Å². The van der Waals surface area contributed by atoms with Gasteiger partial charge in [-0.2, -0.15) is 0 Å². The first-order valence-corrected chi connectivity index (χ1v) is 12.9. The van der Waals surface area contributed by atoms with Crippen LogP contribution >= 0.6 is 23.5 Å². The second kappa shape index (κ2) is 10.3. The molecule has 7 heteroatoms. The van der Waals surface area contributed by atoms with Crippen LogP contribution in [0.5, 0.6) is 0 Å². The fourth-order valence-electron chi connectivity index (χ4n) is 3.81. The third-order valence-corrected chi connectivity index (χ3v) is 7.69. The maximum absolute atomic E-state index is 13.6. The van der Waals surface area contributed by atoms with E-state index in [0.717, 1.165) is 31.7 Å². The van der Waals surface area contributed by atoms with Gasteiger partial charge in [0.2, 0.25) is 5.91 Å². The Morgan fingerprint density at radius 1 is 0.714 bits per heavy atom. The number of thioether (sulfide) groups is 1. The molecule has 0 saturated carbocycles. The molecule has 1 aliphatic heterocycles. The van der Waals surface area contributed by atoms with E-state index in [9.17, 15) is 9.59 Å². The van der Waals surface area contributed by atoms with Gasteiger partial charge in [0, 0.05) is 26.1 Å². The minimum atomic E-state index is -0.306. The van der Waals surface area contributed by atoms with Crippen molar-refractivity contribution in [3.05, 3.63) is 103 Å². The van der Waals surface area contributed by atoms with Gasteiger partial charge in [0.15, 0.2) is 0 Å². The van der Waals surface area contributed by atoms with Crippen molar-refractivity contribution in [3.63, 3.8) is 0 Å². The van der Waals surface area contributed by atoms with Crippen LogP contribution in [0.4, 0.5) is 27.5 Å². The molecule has 1 heterocycles. The molecule has 0 fully saturated rings. The minimum Gasteiger partial charge on any atom is -0.308 e. The van der Waals surface area contributed by atoms with Crippen molar-refractivity contribution >= 4 is 58.2 Å². The lowest BCUT2D eigenvalue weighted by atomic mass is 10.2. The highest BCUT2D eigenvalue weighted by atomic mass is 32.2. The summed E-state index contributed by atoms with van der Waals surface area (Å²) >= 11 is 3.18. The average Bonchev–Trinajstić information content (AvgIpc) is 2.88. The van der Waals surface area contributed by atoms with Crippen molar-refractivity contribution in [3.8, 4) is 0 Å². The lowest BCUT2D eigenvalue weighted by Crippen LogP contribution is -2.34. The van der Waals surface area contributed by atoms with Crippen LogP contribution in [0, 0.1) is 0 Å². The number of carbonyl (C=O) groups excluding carboxylic acids is 2. The van der Waals surface area contributed by atoms with Crippen molar-refractivity contribution in [2.75, 3.05) is 15.5 Å². The number of nitrogens with one attached hydrogen (secondary N) is 2. The quantitative estimate of drug-likeness (QED) is 0.278. The summed E-state index contributed by atoms with van der Waals surface area (Å²) in [7, 11) is 0. The van der Waals surface area contributed by atoms with Crippen LogP contribution in [0.3, 0.4) is 0 Å². The molecule has 0 aromatic heterocycles. The predicted molar refractivity (Wildman–Crippen MR) is 145 cm³/mol. The monoisotopic (exact) mass is 497 g/mol. The summed E-state index contributed by atoms with van der Waals surface area (Å²) in [6, 6.07) is 32.5. The highest BCUT2D eigenvalue weighted by molar-refractivity contribution is 8.00. The fourth-order valence-corrected chi connectivity index (χ4v) is 5.78. The zero-order valence-corrected chi connectivity index (χ0v) is 20.6. The van der Waals surface area contributed by atoms with Crippen molar-refractivity contribution in [1.82, 2.24) is 0 Å². The first kappa shape index (κ1) is 23.1. The summed E-state index contributed by atoms with van der Waals surface area (Å²) in [4.78, 5) is 30.8. The van der Waals surface area contributed by atoms with E-state index in [1.807, 2.05) is 115 Å². The summed E-state index contributed by atoms with van der Waals surface area (Å²) in [5.74, 6) is 0.0274. The van der Waals surface area contributed by atoms with E-state index in [0.29, 0.717) is 5.69 Å². The number of hydrogen-bond acceptors (Lipinski definition) is 4. The summed E-state index contributed by atoms with van der Waals surface area (Å²) < 4.78 is 0. The second-order valence-corrected chi connectivity index (χ2v) is 10.4. The molecule has 1 unspecified atom stereocenters. The summed E-state index contributed by atoms with van der Waals surface area (Å²) in [6.07, 6.45) is 0. The summed E-state index contributed by atoms with van der Waals surface area (Å²) in [5, 5.41) is 5.32. The molecule has 0 radical (unpaired) electrons. The van der Waals surface area contributed by atoms with E-state index in [2.05, 4.69) is 10.6 Å². The number of carbonyl (C=O) groups is 2. The molecule has 1 atom stereocenters. The standard InChI is InChI=1S/C28H23N3O2S2/c1-19(27(32)31-23-11-5-7-13-25(23)35-26-14-8-6-12-24(26)31)34-22-17-15-21(16-18-22)30-28(33)29-20-9-3-2-4-10-20/h2-19H,1H3,(H2,29,30,33). The van der Waals surface area contributed by atoms with Crippen LogP contribution in [-0.4, -0.2) is 17.2 Å². The predicted octanol–water partition coefficient (Wildman–Crippen LogP) is 7.64. The molecule has 2 N–H and O–H groups in total. The summed E-state index contributed by atoms with van der Waals surface area (Å²) in [5.41, 5.74) is 3.23. The molecule has 0 aliphatic carbocycles. The van der Waals surface area contributed by atoms with E-state index in [1.165, 1.54) is 11.8 Å². The molecular formula is C28H23N3O2S2. The smallest absolute Gasteiger partial charge is 0.308 e. The Bertz CT molecular complexity index is 1310. The largest absolute Gasteiger partial charge is 0.323 e. The second-order valence-electron chi connectivity index (χ2n) is 7.94. The molecule has 0 saturated heterocycles. The molecule has 174 valence electrons. The van der Waals surface area contributed by atoms with Crippen molar-refractivity contribution < 1.29 is 9.59 Å². The van der Waals surface area contributed by atoms with E-state index in [1.54, 1.807) is 11.8 Å². The Hall–Kier alpha value is -3.68. The van der Waals surface area contributed by atoms with Gasteiger partial charge in [0.25, 0.3) is 0 Å². The van der Waals surface area contributed by atoms with Gasteiger partial charge in [0.05, 0.1) is 16.6 Å². The third-order valence-electron chi connectivity index (χ3n) is 5.46. The van der Waals surface area contributed by atoms with Gasteiger partial charge in [-0.1, -0.05) is 54.2 Å². The number of para-hydroxylation sites is 3. The molecule has 4 aromatic carbocycles. The SMILES string of the molecule is CC(Sc1ccc(NC(=O)Nc2ccccc2)cc1)C(=O)N1c2ccccc2Sc2ccccc21. The van der Waals surface area contributed by atoms with Crippen LogP contribution in [0.1, 0.15) is 6.92 Å². The van der Waals surface area contributed by atoms with Gasteiger partial charge in [0.1, 0.15) is 0 Å². The maximum atomic E-state index is 13.6. The van der Waals surface area contributed by atoms with Crippen LogP contribution in [0.25, 0.3) is 0 Å². The number of fused-ring (bicyclic) bond motifs is 2. The Balaban J connectivity index is 1.27. The molecule has 5 nitrogen and oxygen atoms in total. The Kier molecular flexibility index (Phi) is 6.79. The highest BCUT2D eigenvalue weighted by Crippen LogP contribution is 2.48. The number of rotatable bonds is 5. The first-order valence-electron chi connectivity index (χ1n) is 11.2. The van der Waals surface area contributed by atoms with Crippen LogP contribution in [0.2, 0.25) is 0 Å². The number of nitrogens with zero attached hydrogens (tertiary/aromatic N) is 1. The molecule has 5 rings (SSSR count). The zero-order valence-electron chi connectivity index (χ0n) is 19.0. The number of anilines is 4. The first-order chi connectivity index (χ1) is 17.1. The maximum Gasteiger partial charge on any atom is 0.323 e. The molecule has 0 bridgehead atoms. The Morgan fingerprint density at radius 2 is 1.23 bits per heavy atom.